The number of amides is 2. The van der Waals surface area contributed by atoms with Gasteiger partial charge in [0.15, 0.2) is 0 Å². The third kappa shape index (κ3) is 5.57. The molecule has 2 amide bonds. The topological polar surface area (TPSA) is 95.6 Å². The Kier molecular flexibility index (Phi) is 6.80. The lowest BCUT2D eigenvalue weighted by molar-refractivity contribution is -0.132. The molecule has 1 atom stereocenters. The van der Waals surface area contributed by atoms with Crippen LogP contribution in [-0.4, -0.2) is 57.0 Å². The van der Waals surface area contributed by atoms with E-state index in [4.69, 9.17) is 0 Å². The lowest BCUT2D eigenvalue weighted by Gasteiger charge is -2.30. The van der Waals surface area contributed by atoms with Crippen LogP contribution in [0.3, 0.4) is 0 Å². The molecule has 8 heteroatoms. The number of hydrogen-bond donors (Lipinski definition) is 2. The van der Waals surface area contributed by atoms with Crippen LogP contribution in [0.2, 0.25) is 0 Å². The molecule has 0 aromatic heterocycles. The summed E-state index contributed by atoms with van der Waals surface area (Å²) in [4.78, 5) is 24.1. The third-order valence-corrected chi connectivity index (χ3v) is 5.18. The largest absolute Gasteiger partial charge is 0.357 e. The first-order valence-electron chi connectivity index (χ1n) is 7.62. The van der Waals surface area contributed by atoms with E-state index in [0.717, 1.165) is 0 Å². The summed E-state index contributed by atoms with van der Waals surface area (Å²) in [7, 11) is -1.65. The number of nitrogens with one attached hydrogen (secondary N) is 2. The molecular formula is C14H27N3O4S. The maximum atomic E-state index is 12.3. The first-order valence-corrected chi connectivity index (χ1v) is 9.47. The van der Waals surface area contributed by atoms with Crippen molar-refractivity contribution in [2.24, 2.45) is 11.8 Å². The van der Waals surface area contributed by atoms with Crippen LogP contribution in [0.4, 0.5) is 0 Å². The smallest absolute Gasteiger partial charge is 0.242 e. The fourth-order valence-corrected chi connectivity index (χ4v) is 3.49. The first-order chi connectivity index (χ1) is 10.1. The summed E-state index contributed by atoms with van der Waals surface area (Å²) in [5.41, 5.74) is 0. The SMILES string of the molecule is CNC(=O)[C@H](CC(C)C)NC(=O)C1CCN(S(C)(=O)=O)CC1. The van der Waals surface area contributed by atoms with Crippen LogP contribution in [0.15, 0.2) is 0 Å². The Balaban J connectivity index is 2.59. The lowest BCUT2D eigenvalue weighted by Crippen LogP contribution is -2.50. The fourth-order valence-electron chi connectivity index (χ4n) is 2.62. The fraction of sp³-hybridized carbons (Fsp3) is 0.857. The molecule has 7 nitrogen and oxygen atoms in total. The van der Waals surface area contributed by atoms with E-state index in [2.05, 4.69) is 10.6 Å². The highest BCUT2D eigenvalue weighted by molar-refractivity contribution is 7.88. The van der Waals surface area contributed by atoms with Gasteiger partial charge in [0.25, 0.3) is 0 Å². The molecule has 1 aliphatic heterocycles. The molecule has 1 fully saturated rings. The van der Waals surface area contributed by atoms with Crippen LogP contribution in [0.5, 0.6) is 0 Å². The second-order valence-corrected chi connectivity index (χ2v) is 8.22. The van der Waals surface area contributed by atoms with E-state index in [-0.39, 0.29) is 23.7 Å². The number of carbonyl (C=O) groups excluding carboxylic acids is 2. The predicted molar refractivity (Wildman–Crippen MR) is 84.6 cm³/mol. The summed E-state index contributed by atoms with van der Waals surface area (Å²) in [5, 5.41) is 5.37. The maximum absolute atomic E-state index is 12.3. The number of carbonyl (C=O) groups is 2. The van der Waals surface area contributed by atoms with Gasteiger partial charge in [0.2, 0.25) is 21.8 Å². The zero-order valence-corrected chi connectivity index (χ0v) is 14.6. The van der Waals surface area contributed by atoms with Crippen molar-refractivity contribution in [1.82, 2.24) is 14.9 Å². The minimum Gasteiger partial charge on any atom is -0.357 e. The van der Waals surface area contributed by atoms with E-state index in [1.54, 1.807) is 7.05 Å². The molecule has 0 unspecified atom stereocenters. The second-order valence-electron chi connectivity index (χ2n) is 6.24. The molecule has 0 aliphatic carbocycles. The number of piperidine rings is 1. The number of sulfonamides is 1. The molecule has 0 aromatic rings. The average molecular weight is 333 g/mol. The summed E-state index contributed by atoms with van der Waals surface area (Å²) in [6.45, 7) is 4.69. The number of rotatable bonds is 6. The standard InChI is InChI=1S/C14H27N3O4S/c1-10(2)9-12(14(19)15-3)16-13(18)11-5-7-17(8-6-11)22(4,20)21/h10-12H,5-9H2,1-4H3,(H,15,19)(H,16,18)/t12-/m0/s1. The van der Waals surface area contributed by atoms with Crippen LogP contribution in [0.1, 0.15) is 33.1 Å². The summed E-state index contributed by atoms with van der Waals surface area (Å²) >= 11 is 0. The monoisotopic (exact) mass is 333 g/mol. The van der Waals surface area contributed by atoms with Crippen molar-refractivity contribution >= 4 is 21.8 Å². The van der Waals surface area contributed by atoms with E-state index < -0.39 is 16.1 Å². The highest BCUT2D eigenvalue weighted by atomic mass is 32.2. The van der Waals surface area contributed by atoms with Gasteiger partial charge in [0, 0.05) is 26.1 Å². The van der Waals surface area contributed by atoms with Crippen molar-refractivity contribution in [2.75, 3.05) is 26.4 Å². The van der Waals surface area contributed by atoms with E-state index in [9.17, 15) is 18.0 Å². The minimum atomic E-state index is -3.19. The molecular weight excluding hydrogens is 306 g/mol. The summed E-state index contributed by atoms with van der Waals surface area (Å²) in [5.74, 6) is -0.315. The van der Waals surface area contributed by atoms with Gasteiger partial charge in [-0.1, -0.05) is 13.8 Å². The zero-order chi connectivity index (χ0) is 16.9. The lowest BCUT2D eigenvalue weighted by atomic mass is 9.95. The zero-order valence-electron chi connectivity index (χ0n) is 13.8. The van der Waals surface area contributed by atoms with Gasteiger partial charge in [-0.3, -0.25) is 9.59 Å². The molecule has 0 aromatic carbocycles. The molecule has 1 aliphatic rings. The highest BCUT2D eigenvalue weighted by Crippen LogP contribution is 2.19. The van der Waals surface area contributed by atoms with Gasteiger partial charge in [-0.2, -0.15) is 0 Å². The normalized spacial score (nSPS) is 19.0. The number of nitrogens with zero attached hydrogens (tertiary/aromatic N) is 1. The Hall–Kier alpha value is -1.15. The molecule has 2 N–H and O–H groups in total. The van der Waals surface area contributed by atoms with E-state index in [1.165, 1.54) is 10.6 Å². The van der Waals surface area contributed by atoms with Gasteiger partial charge in [0.05, 0.1) is 6.26 Å². The Morgan fingerprint density at radius 3 is 2.18 bits per heavy atom. The first kappa shape index (κ1) is 18.9. The molecule has 22 heavy (non-hydrogen) atoms. The molecule has 0 bridgehead atoms. The van der Waals surface area contributed by atoms with E-state index in [0.29, 0.717) is 32.4 Å². The Morgan fingerprint density at radius 2 is 1.77 bits per heavy atom. The molecule has 0 spiro atoms. The van der Waals surface area contributed by atoms with Crippen LogP contribution in [0, 0.1) is 11.8 Å². The van der Waals surface area contributed by atoms with Crippen molar-refractivity contribution in [3.63, 3.8) is 0 Å². The van der Waals surface area contributed by atoms with Crippen LogP contribution < -0.4 is 10.6 Å². The van der Waals surface area contributed by atoms with Crippen molar-refractivity contribution in [3.8, 4) is 0 Å². The molecule has 0 saturated carbocycles. The quantitative estimate of drug-likeness (QED) is 0.711. The second kappa shape index (κ2) is 7.92. The summed E-state index contributed by atoms with van der Waals surface area (Å²) in [6, 6.07) is -0.537. The van der Waals surface area contributed by atoms with Gasteiger partial charge >= 0.3 is 0 Å². The summed E-state index contributed by atoms with van der Waals surface area (Å²) in [6.07, 6.45) is 2.73. The average Bonchev–Trinajstić information content (AvgIpc) is 2.44. The van der Waals surface area contributed by atoms with E-state index >= 15 is 0 Å². The predicted octanol–water partition coefficient (Wildman–Crippen LogP) is -0.0651. The van der Waals surface area contributed by atoms with Gasteiger partial charge in [0.1, 0.15) is 6.04 Å². The van der Waals surface area contributed by atoms with E-state index in [1.807, 2.05) is 13.8 Å². The van der Waals surface area contributed by atoms with Gasteiger partial charge in [-0.15, -0.1) is 0 Å². The third-order valence-electron chi connectivity index (χ3n) is 3.88. The molecule has 1 saturated heterocycles. The molecule has 0 radical (unpaired) electrons. The molecule has 1 rings (SSSR count). The number of hydrogen-bond acceptors (Lipinski definition) is 4. The Morgan fingerprint density at radius 1 is 1.23 bits per heavy atom. The Bertz CT molecular complexity index is 496. The van der Waals surface area contributed by atoms with Gasteiger partial charge in [-0.25, -0.2) is 12.7 Å². The van der Waals surface area contributed by atoms with Crippen molar-refractivity contribution < 1.29 is 18.0 Å². The molecule has 1 heterocycles. The van der Waals surface area contributed by atoms with Gasteiger partial charge in [-0.05, 0) is 25.2 Å². The van der Waals surface area contributed by atoms with Crippen molar-refractivity contribution in [2.45, 2.75) is 39.2 Å². The maximum Gasteiger partial charge on any atom is 0.242 e. The highest BCUT2D eigenvalue weighted by Gasteiger charge is 2.31. The van der Waals surface area contributed by atoms with Gasteiger partial charge < -0.3 is 10.6 Å². The number of likely N-dealkylation sites (N-methyl/N-ethyl adjacent to an activating group) is 1. The summed E-state index contributed by atoms with van der Waals surface area (Å²) < 4.78 is 24.3. The van der Waals surface area contributed by atoms with Crippen LogP contribution in [-0.2, 0) is 19.6 Å². The van der Waals surface area contributed by atoms with Crippen LogP contribution in [0.25, 0.3) is 0 Å². The van der Waals surface area contributed by atoms with Crippen LogP contribution >= 0.6 is 0 Å². The van der Waals surface area contributed by atoms with Crippen molar-refractivity contribution in [3.05, 3.63) is 0 Å². The Labute approximate surface area is 132 Å². The minimum absolute atomic E-state index is 0.164. The van der Waals surface area contributed by atoms with Crippen molar-refractivity contribution in [1.29, 1.82) is 0 Å². The molecule has 128 valence electrons.